The van der Waals surface area contributed by atoms with Crippen molar-refractivity contribution < 1.29 is 17.6 Å². The van der Waals surface area contributed by atoms with E-state index in [0.717, 1.165) is 28.9 Å². The third-order valence-electron chi connectivity index (χ3n) is 6.76. The van der Waals surface area contributed by atoms with Gasteiger partial charge in [0.05, 0.1) is 29.2 Å². The van der Waals surface area contributed by atoms with E-state index in [1.165, 1.54) is 41.1 Å². The Morgan fingerprint density at radius 2 is 1.62 bits per heavy atom. The second-order valence-electron chi connectivity index (χ2n) is 10.1. The molecule has 1 aromatic heterocycles. The topological polar surface area (TPSA) is 57.6 Å². The number of fused-ring (bicyclic) bond motifs is 3. The SMILES string of the molecule is CC(C)Cn1cc(-c2ccc(Cn3cc4c(=O)n(-c5ccccc5F)nc-4c4c(F)ccc(F)c43)c(F)c2)cn1. The van der Waals surface area contributed by atoms with E-state index in [9.17, 15) is 9.18 Å². The number of halogens is 4. The maximum atomic E-state index is 15.4. The molecule has 6 nitrogen and oxygen atoms in total. The summed E-state index contributed by atoms with van der Waals surface area (Å²) in [6.45, 7) is 4.67. The van der Waals surface area contributed by atoms with Gasteiger partial charge in [0.15, 0.2) is 0 Å². The van der Waals surface area contributed by atoms with Gasteiger partial charge in [-0.25, -0.2) is 17.6 Å². The van der Waals surface area contributed by atoms with E-state index in [-0.39, 0.29) is 40.0 Å². The fourth-order valence-corrected chi connectivity index (χ4v) is 4.92. The number of benzene rings is 3. The van der Waals surface area contributed by atoms with Gasteiger partial charge in [-0.15, -0.1) is 0 Å². The minimum Gasteiger partial charge on any atom is -0.340 e. The van der Waals surface area contributed by atoms with E-state index in [2.05, 4.69) is 24.0 Å². The van der Waals surface area contributed by atoms with Gasteiger partial charge >= 0.3 is 0 Å². The molecule has 202 valence electrons. The van der Waals surface area contributed by atoms with E-state index in [0.29, 0.717) is 11.5 Å². The van der Waals surface area contributed by atoms with Gasteiger partial charge in [-0.2, -0.15) is 14.9 Å². The number of hydrogen-bond acceptors (Lipinski definition) is 3. The highest BCUT2D eigenvalue weighted by atomic mass is 19.1. The van der Waals surface area contributed by atoms with E-state index >= 15 is 13.2 Å². The molecule has 0 aliphatic carbocycles. The summed E-state index contributed by atoms with van der Waals surface area (Å²) in [5, 5.41) is 8.24. The molecular formula is C30H23F4N5O. The molecule has 0 N–H and O–H groups in total. The zero-order valence-corrected chi connectivity index (χ0v) is 21.6. The van der Waals surface area contributed by atoms with Crippen molar-refractivity contribution in [1.29, 1.82) is 0 Å². The standard InChI is InChI=1S/C30H23F4N5O/c1-17(2)13-38-15-20(12-35-38)18-7-8-19(25(34)11-18)14-37-16-21-28(27-23(32)9-10-24(33)29(27)37)36-39(30(21)40)26-6-4-3-5-22(26)31/h3-12,15-17H,13-14H2,1-2H3. The minimum absolute atomic E-state index is 0.0603. The lowest BCUT2D eigenvalue weighted by Crippen LogP contribution is -2.16. The molecule has 40 heavy (non-hydrogen) atoms. The predicted octanol–water partition coefficient (Wildman–Crippen LogP) is 6.42. The van der Waals surface area contributed by atoms with E-state index in [1.807, 2.05) is 6.20 Å². The summed E-state index contributed by atoms with van der Waals surface area (Å²) in [4.78, 5) is 13.3. The van der Waals surface area contributed by atoms with Crippen LogP contribution in [-0.4, -0.2) is 24.1 Å². The van der Waals surface area contributed by atoms with Crippen LogP contribution in [0.15, 0.2) is 78.0 Å². The fourth-order valence-electron chi connectivity index (χ4n) is 4.92. The molecule has 2 aliphatic heterocycles. The molecule has 4 aromatic rings. The van der Waals surface area contributed by atoms with Gasteiger partial charge in [-0.05, 0) is 41.8 Å². The fraction of sp³-hybridized carbons (Fsp3) is 0.167. The molecule has 0 saturated heterocycles. The summed E-state index contributed by atoms with van der Waals surface area (Å²) in [6.07, 6.45) is 4.80. The number of aromatic nitrogens is 5. The number of para-hydroxylation sites is 1. The third-order valence-corrected chi connectivity index (χ3v) is 6.76. The molecule has 0 fully saturated rings. The first-order valence-electron chi connectivity index (χ1n) is 12.7. The number of nitrogens with zero attached hydrogens (tertiary/aromatic N) is 5. The van der Waals surface area contributed by atoms with Crippen molar-refractivity contribution >= 4 is 10.9 Å². The van der Waals surface area contributed by atoms with Gasteiger partial charge in [0.2, 0.25) is 0 Å². The van der Waals surface area contributed by atoms with E-state index in [4.69, 9.17) is 0 Å². The van der Waals surface area contributed by atoms with Crippen molar-refractivity contribution in [3.8, 4) is 28.1 Å². The minimum atomic E-state index is -0.817. The monoisotopic (exact) mass is 545 g/mol. The van der Waals surface area contributed by atoms with Crippen LogP contribution in [0.2, 0.25) is 0 Å². The summed E-state index contributed by atoms with van der Waals surface area (Å²) in [5.41, 5.74) is 0.348. The van der Waals surface area contributed by atoms with Gasteiger partial charge in [0, 0.05) is 30.1 Å². The van der Waals surface area contributed by atoms with Crippen LogP contribution >= 0.6 is 0 Å². The van der Waals surface area contributed by atoms with Crippen LogP contribution in [0.3, 0.4) is 0 Å². The predicted molar refractivity (Wildman–Crippen MR) is 143 cm³/mol. The van der Waals surface area contributed by atoms with Crippen molar-refractivity contribution in [1.82, 2.24) is 24.1 Å². The van der Waals surface area contributed by atoms with E-state index in [1.54, 1.807) is 23.0 Å². The average Bonchev–Trinajstić information content (AvgIpc) is 3.51. The van der Waals surface area contributed by atoms with Crippen LogP contribution in [0, 0.1) is 29.2 Å². The molecule has 10 heteroatoms. The first-order chi connectivity index (χ1) is 19.2. The molecule has 0 saturated carbocycles. The smallest absolute Gasteiger partial charge is 0.282 e. The summed E-state index contributed by atoms with van der Waals surface area (Å²) < 4.78 is 64.0. The maximum Gasteiger partial charge on any atom is 0.282 e. The maximum absolute atomic E-state index is 15.4. The van der Waals surface area contributed by atoms with Crippen molar-refractivity contribution in [2.24, 2.45) is 5.92 Å². The van der Waals surface area contributed by atoms with Crippen molar-refractivity contribution in [3.63, 3.8) is 0 Å². The first kappa shape index (κ1) is 25.5. The lowest BCUT2D eigenvalue weighted by molar-refractivity contribution is 0.483. The van der Waals surface area contributed by atoms with Crippen LogP contribution in [0.5, 0.6) is 0 Å². The van der Waals surface area contributed by atoms with E-state index < -0.39 is 28.8 Å². The number of rotatable bonds is 6. The Labute approximate surface area is 226 Å². The van der Waals surface area contributed by atoms with Crippen LogP contribution < -0.4 is 5.56 Å². The lowest BCUT2D eigenvalue weighted by Gasteiger charge is -2.16. The highest BCUT2D eigenvalue weighted by Crippen LogP contribution is 2.33. The Morgan fingerprint density at radius 1 is 0.850 bits per heavy atom. The summed E-state index contributed by atoms with van der Waals surface area (Å²) in [5.74, 6) is -2.46. The molecule has 0 unspecified atom stereocenters. The molecule has 0 bridgehead atoms. The summed E-state index contributed by atoms with van der Waals surface area (Å²) >= 11 is 0. The van der Waals surface area contributed by atoms with Gasteiger partial charge in [-0.3, -0.25) is 9.48 Å². The van der Waals surface area contributed by atoms with Crippen LogP contribution in [-0.2, 0) is 13.1 Å². The Hall–Kier alpha value is -4.73. The van der Waals surface area contributed by atoms with Gasteiger partial charge in [-0.1, -0.05) is 38.1 Å². The summed E-state index contributed by atoms with van der Waals surface area (Å²) in [7, 11) is 0. The zero-order chi connectivity index (χ0) is 28.1. The average molecular weight is 546 g/mol. The molecule has 2 aliphatic rings. The third kappa shape index (κ3) is 4.35. The lowest BCUT2D eigenvalue weighted by atomic mass is 10.0. The van der Waals surface area contributed by atoms with Crippen molar-refractivity contribution in [3.05, 3.63) is 112 Å². The highest BCUT2D eigenvalue weighted by Gasteiger charge is 2.26. The zero-order valence-electron chi connectivity index (χ0n) is 21.6. The summed E-state index contributed by atoms with van der Waals surface area (Å²) in [6, 6.07) is 12.1. The molecule has 0 spiro atoms. The second-order valence-corrected chi connectivity index (χ2v) is 10.1. The molecule has 0 atom stereocenters. The Kier molecular flexibility index (Phi) is 6.25. The number of pyridine rings is 1. The van der Waals surface area contributed by atoms with Gasteiger partial charge in [0.25, 0.3) is 5.56 Å². The molecule has 0 amide bonds. The Bertz CT molecular complexity index is 1920. The Morgan fingerprint density at radius 3 is 2.38 bits per heavy atom. The molecule has 6 rings (SSSR count). The van der Waals surface area contributed by atoms with Gasteiger partial charge in [0.1, 0.15) is 34.7 Å². The molecule has 3 heterocycles. The quantitative estimate of drug-likeness (QED) is 0.227. The normalized spacial score (nSPS) is 11.8. The van der Waals surface area contributed by atoms with Crippen molar-refractivity contribution in [2.45, 2.75) is 26.9 Å². The van der Waals surface area contributed by atoms with Crippen LogP contribution in [0.4, 0.5) is 17.6 Å². The van der Waals surface area contributed by atoms with Crippen LogP contribution in [0.1, 0.15) is 19.4 Å². The van der Waals surface area contributed by atoms with Crippen LogP contribution in [0.25, 0.3) is 39.0 Å². The van der Waals surface area contributed by atoms with Gasteiger partial charge < -0.3 is 4.57 Å². The largest absolute Gasteiger partial charge is 0.340 e. The molecular weight excluding hydrogens is 522 g/mol. The Balaban J connectivity index is 1.47. The molecule has 0 radical (unpaired) electrons. The highest BCUT2D eigenvalue weighted by molar-refractivity contribution is 5.94. The first-order valence-corrected chi connectivity index (χ1v) is 12.7. The molecule has 3 aromatic carbocycles. The number of hydrogen-bond donors (Lipinski definition) is 0. The van der Waals surface area contributed by atoms with Crippen molar-refractivity contribution in [2.75, 3.05) is 0 Å². The second kappa shape index (κ2) is 9.78.